The third-order valence-electron chi connectivity index (χ3n) is 4.30. The molecule has 0 amide bonds. The van der Waals surface area contributed by atoms with E-state index in [9.17, 15) is 10.1 Å². The number of aryl methyl sites for hydroxylation is 1. The van der Waals surface area contributed by atoms with E-state index < -0.39 is 0 Å². The smallest absolute Gasteiger partial charge is 0.266 e. The van der Waals surface area contributed by atoms with Gasteiger partial charge in [-0.05, 0) is 37.1 Å². The number of thioether (sulfide) groups is 1. The second-order valence-corrected chi connectivity index (χ2v) is 7.16. The topological polar surface area (TPSA) is 82.5 Å². The molecular formula is C21H18N4OS. The molecule has 5 nitrogen and oxygen atoms in total. The van der Waals surface area contributed by atoms with E-state index in [1.807, 2.05) is 49.4 Å². The Morgan fingerprint density at radius 1 is 1.15 bits per heavy atom. The fourth-order valence-corrected chi connectivity index (χ4v) is 3.90. The van der Waals surface area contributed by atoms with Crippen LogP contribution in [-0.2, 0) is 0 Å². The number of benzene rings is 2. The molecule has 134 valence electrons. The van der Waals surface area contributed by atoms with Crippen LogP contribution < -0.4 is 5.56 Å². The fraction of sp³-hybridized carbons (Fsp3) is 0.238. The molecule has 0 aliphatic heterocycles. The van der Waals surface area contributed by atoms with Crippen LogP contribution >= 0.6 is 11.8 Å². The van der Waals surface area contributed by atoms with Crippen molar-refractivity contribution < 1.29 is 0 Å². The van der Waals surface area contributed by atoms with E-state index in [2.05, 4.69) is 12.1 Å². The summed E-state index contributed by atoms with van der Waals surface area (Å²) < 4.78 is 1.63. The summed E-state index contributed by atoms with van der Waals surface area (Å²) in [7, 11) is 0. The molecule has 0 spiro atoms. The molecule has 0 fully saturated rings. The lowest BCUT2D eigenvalue weighted by atomic mass is 10.1. The molecule has 0 saturated carbocycles. The molecule has 6 heteroatoms. The Labute approximate surface area is 161 Å². The minimum absolute atomic E-state index is 0.122. The van der Waals surface area contributed by atoms with E-state index in [-0.39, 0.29) is 11.5 Å². The first kappa shape index (κ1) is 18.7. The van der Waals surface area contributed by atoms with Gasteiger partial charge in [0.05, 0.1) is 34.6 Å². The van der Waals surface area contributed by atoms with Crippen molar-refractivity contribution in [1.82, 2.24) is 9.55 Å². The standard InChI is InChI=1S/C21H18N4OS/c1-15-7-2-5-11-19(15)25-20(26)17-9-3-4-10-18(17)24-21(25)27-14-16(13-23)8-6-12-22/h2-5,7,9-11,16H,6,8,14H2,1H3/t16-/m1/s1. The third-order valence-corrected chi connectivity index (χ3v) is 5.40. The van der Waals surface area contributed by atoms with Gasteiger partial charge in [0.1, 0.15) is 0 Å². The Kier molecular flexibility index (Phi) is 5.90. The number of para-hydroxylation sites is 2. The van der Waals surface area contributed by atoms with Crippen LogP contribution in [0.5, 0.6) is 0 Å². The van der Waals surface area contributed by atoms with E-state index in [0.717, 1.165) is 11.3 Å². The molecule has 1 atom stereocenters. The van der Waals surface area contributed by atoms with Gasteiger partial charge in [0.2, 0.25) is 0 Å². The second kappa shape index (κ2) is 8.53. The molecule has 3 aromatic rings. The van der Waals surface area contributed by atoms with Crippen LogP contribution in [0, 0.1) is 35.5 Å². The highest BCUT2D eigenvalue weighted by molar-refractivity contribution is 7.99. The monoisotopic (exact) mass is 374 g/mol. The van der Waals surface area contributed by atoms with Crippen LogP contribution in [0.3, 0.4) is 0 Å². The first-order valence-corrected chi connectivity index (χ1v) is 9.61. The van der Waals surface area contributed by atoms with Crippen molar-refractivity contribution in [2.24, 2.45) is 5.92 Å². The molecule has 0 radical (unpaired) electrons. The van der Waals surface area contributed by atoms with Crippen molar-refractivity contribution >= 4 is 22.7 Å². The molecule has 0 aliphatic rings. The number of nitriles is 2. The normalized spacial score (nSPS) is 11.7. The molecule has 1 heterocycles. The average Bonchev–Trinajstić information content (AvgIpc) is 2.69. The molecule has 2 aromatic carbocycles. The maximum absolute atomic E-state index is 13.2. The highest BCUT2D eigenvalue weighted by atomic mass is 32.2. The van der Waals surface area contributed by atoms with Crippen LogP contribution in [0.25, 0.3) is 16.6 Å². The van der Waals surface area contributed by atoms with Crippen LogP contribution in [0.15, 0.2) is 58.5 Å². The molecule has 0 aliphatic carbocycles. The summed E-state index contributed by atoms with van der Waals surface area (Å²) in [6.07, 6.45) is 0.858. The van der Waals surface area contributed by atoms with Crippen molar-refractivity contribution in [3.8, 4) is 17.8 Å². The molecule has 1 aromatic heterocycles. The first-order valence-electron chi connectivity index (χ1n) is 8.63. The van der Waals surface area contributed by atoms with Crippen molar-refractivity contribution in [2.45, 2.75) is 24.9 Å². The fourth-order valence-electron chi connectivity index (χ4n) is 2.83. The lowest BCUT2D eigenvalue weighted by molar-refractivity contribution is 0.682. The van der Waals surface area contributed by atoms with E-state index >= 15 is 0 Å². The number of nitrogens with zero attached hydrogens (tertiary/aromatic N) is 4. The molecule has 0 N–H and O–H groups in total. The summed E-state index contributed by atoms with van der Waals surface area (Å²) in [5, 5.41) is 19.2. The highest BCUT2D eigenvalue weighted by Crippen LogP contribution is 2.25. The maximum atomic E-state index is 13.2. The van der Waals surface area contributed by atoms with Gasteiger partial charge in [-0.25, -0.2) is 4.98 Å². The van der Waals surface area contributed by atoms with E-state index in [4.69, 9.17) is 10.2 Å². The van der Waals surface area contributed by atoms with Gasteiger partial charge >= 0.3 is 0 Å². The van der Waals surface area contributed by atoms with Gasteiger partial charge in [0.25, 0.3) is 5.56 Å². The van der Waals surface area contributed by atoms with Crippen molar-refractivity contribution in [2.75, 3.05) is 5.75 Å². The van der Waals surface area contributed by atoms with Gasteiger partial charge < -0.3 is 0 Å². The summed E-state index contributed by atoms with van der Waals surface area (Å²) in [6.45, 7) is 1.95. The molecule has 0 saturated heterocycles. The first-order chi connectivity index (χ1) is 13.2. The van der Waals surface area contributed by atoms with Crippen molar-refractivity contribution in [3.63, 3.8) is 0 Å². The summed E-state index contributed by atoms with van der Waals surface area (Å²) in [5.41, 5.74) is 2.27. The van der Waals surface area contributed by atoms with Gasteiger partial charge in [-0.3, -0.25) is 9.36 Å². The Morgan fingerprint density at radius 2 is 1.89 bits per heavy atom. The SMILES string of the molecule is Cc1ccccc1-n1c(SC[C@@H](C#N)CCC#N)nc2ccccc2c1=O. The number of rotatable bonds is 6. The molecule has 27 heavy (non-hydrogen) atoms. The summed E-state index contributed by atoms with van der Waals surface area (Å²) in [5.74, 6) is 0.220. The quantitative estimate of drug-likeness (QED) is 0.476. The summed E-state index contributed by atoms with van der Waals surface area (Å²) >= 11 is 1.38. The lowest BCUT2D eigenvalue weighted by Gasteiger charge is -2.15. The minimum Gasteiger partial charge on any atom is -0.268 e. The Bertz CT molecular complexity index is 1110. The van der Waals surface area contributed by atoms with Gasteiger partial charge in [-0.15, -0.1) is 0 Å². The summed E-state index contributed by atoms with van der Waals surface area (Å²) in [6, 6.07) is 19.3. The average molecular weight is 374 g/mol. The van der Waals surface area contributed by atoms with Crippen molar-refractivity contribution in [1.29, 1.82) is 10.5 Å². The number of hydrogen-bond donors (Lipinski definition) is 0. The maximum Gasteiger partial charge on any atom is 0.266 e. The van der Waals surface area contributed by atoms with Crippen LogP contribution in [-0.4, -0.2) is 15.3 Å². The zero-order chi connectivity index (χ0) is 19.2. The van der Waals surface area contributed by atoms with Gasteiger partial charge in [-0.1, -0.05) is 42.1 Å². The van der Waals surface area contributed by atoms with Crippen LogP contribution in [0.4, 0.5) is 0 Å². The number of hydrogen-bond acceptors (Lipinski definition) is 5. The van der Waals surface area contributed by atoms with Crippen LogP contribution in [0.1, 0.15) is 18.4 Å². The predicted octanol–water partition coefficient (Wildman–Crippen LogP) is 4.23. The van der Waals surface area contributed by atoms with Crippen LogP contribution in [0.2, 0.25) is 0 Å². The second-order valence-electron chi connectivity index (χ2n) is 6.17. The van der Waals surface area contributed by atoms with Gasteiger partial charge in [-0.2, -0.15) is 10.5 Å². The summed E-state index contributed by atoms with van der Waals surface area (Å²) in [4.78, 5) is 17.9. The number of aromatic nitrogens is 2. The Hall–Kier alpha value is -3.09. The van der Waals surface area contributed by atoms with Gasteiger partial charge in [0.15, 0.2) is 5.16 Å². The molecule has 3 rings (SSSR count). The molecule has 0 unspecified atom stereocenters. The molecule has 0 bridgehead atoms. The van der Waals surface area contributed by atoms with Gasteiger partial charge in [0, 0.05) is 12.2 Å². The lowest BCUT2D eigenvalue weighted by Crippen LogP contribution is -2.22. The Morgan fingerprint density at radius 3 is 2.63 bits per heavy atom. The zero-order valence-electron chi connectivity index (χ0n) is 14.9. The molecular weight excluding hydrogens is 356 g/mol. The predicted molar refractivity (Wildman–Crippen MR) is 107 cm³/mol. The van der Waals surface area contributed by atoms with E-state index in [1.165, 1.54) is 11.8 Å². The third kappa shape index (κ3) is 4.02. The largest absolute Gasteiger partial charge is 0.268 e. The van der Waals surface area contributed by atoms with E-state index in [1.54, 1.807) is 10.6 Å². The highest BCUT2D eigenvalue weighted by Gasteiger charge is 2.16. The minimum atomic E-state index is -0.261. The number of fused-ring (bicyclic) bond motifs is 1. The van der Waals surface area contributed by atoms with E-state index in [0.29, 0.717) is 34.7 Å². The zero-order valence-corrected chi connectivity index (χ0v) is 15.7. The Balaban J connectivity index is 2.09. The van der Waals surface area contributed by atoms with Crippen molar-refractivity contribution in [3.05, 3.63) is 64.4 Å².